The Morgan fingerprint density at radius 1 is 1.06 bits per heavy atom. The summed E-state index contributed by atoms with van der Waals surface area (Å²) >= 11 is 0. The monoisotopic (exact) mass is 446 g/mol. The Labute approximate surface area is 181 Å². The molecule has 2 aromatic carbocycles. The fraction of sp³-hybridized carbons (Fsp3) is 0.409. The fourth-order valence-electron chi connectivity index (χ4n) is 4.03. The number of benzene rings is 2. The first kappa shape index (κ1) is 21.6. The third-order valence-corrected chi connectivity index (χ3v) is 7.47. The van der Waals surface area contributed by atoms with Crippen molar-refractivity contribution in [3.63, 3.8) is 0 Å². The molecule has 4 rings (SSSR count). The predicted octanol–water partition coefficient (Wildman–Crippen LogP) is 2.11. The molecule has 31 heavy (non-hydrogen) atoms. The molecular weight excluding hydrogens is 420 g/mol. The predicted molar refractivity (Wildman–Crippen MR) is 114 cm³/mol. The zero-order valence-electron chi connectivity index (χ0n) is 17.6. The van der Waals surface area contributed by atoms with Crippen LogP contribution in [0.2, 0.25) is 0 Å². The van der Waals surface area contributed by atoms with Gasteiger partial charge in [-0.3, -0.25) is 4.79 Å². The van der Waals surface area contributed by atoms with Crippen molar-refractivity contribution < 1.29 is 27.4 Å². The molecule has 0 atom stereocenters. The van der Waals surface area contributed by atoms with Crippen LogP contribution in [0.4, 0.5) is 0 Å². The van der Waals surface area contributed by atoms with Crippen molar-refractivity contribution in [2.75, 3.05) is 33.6 Å². The lowest BCUT2D eigenvalue weighted by Gasteiger charge is -2.38. The minimum atomic E-state index is -3.64. The van der Waals surface area contributed by atoms with Crippen LogP contribution in [0.15, 0.2) is 41.3 Å². The molecular formula is C22H26N2O6S. The number of ether oxygens (including phenoxy) is 3. The Morgan fingerprint density at radius 3 is 2.55 bits per heavy atom. The summed E-state index contributed by atoms with van der Waals surface area (Å²) < 4.78 is 43.1. The number of nitrogens with one attached hydrogen (secondary N) is 2. The van der Waals surface area contributed by atoms with Crippen LogP contribution in [0.3, 0.4) is 0 Å². The Balaban J connectivity index is 1.58. The van der Waals surface area contributed by atoms with Crippen LogP contribution in [-0.2, 0) is 20.2 Å². The Hall–Kier alpha value is -2.62. The van der Waals surface area contributed by atoms with Gasteiger partial charge in [0.05, 0.1) is 4.90 Å². The second kappa shape index (κ2) is 8.49. The van der Waals surface area contributed by atoms with Crippen molar-refractivity contribution in [1.82, 2.24) is 10.0 Å². The highest BCUT2D eigenvalue weighted by molar-refractivity contribution is 7.89. The van der Waals surface area contributed by atoms with E-state index in [1.165, 1.54) is 19.2 Å². The van der Waals surface area contributed by atoms with Gasteiger partial charge in [0.1, 0.15) is 0 Å². The zero-order valence-corrected chi connectivity index (χ0v) is 18.4. The third kappa shape index (κ3) is 4.26. The van der Waals surface area contributed by atoms with Crippen molar-refractivity contribution in [3.05, 3.63) is 53.1 Å². The van der Waals surface area contributed by atoms with Gasteiger partial charge in [-0.15, -0.1) is 0 Å². The van der Waals surface area contributed by atoms with E-state index in [4.69, 9.17) is 14.2 Å². The standard InChI is InChI=1S/C22H26N2O6S/c1-15-3-5-17(31(26,27)23-2)12-18(15)21(25)24-13-22(7-9-28-10-8-22)16-4-6-19-20(11-16)30-14-29-19/h3-6,11-12,23H,7-10,13-14H2,1-2H3,(H,24,25). The molecule has 0 spiro atoms. The molecule has 2 N–H and O–H groups in total. The summed E-state index contributed by atoms with van der Waals surface area (Å²) in [5.74, 6) is 1.11. The van der Waals surface area contributed by atoms with Crippen LogP contribution >= 0.6 is 0 Å². The van der Waals surface area contributed by atoms with Crippen LogP contribution in [-0.4, -0.2) is 47.9 Å². The molecule has 166 valence electrons. The molecule has 2 aliphatic heterocycles. The lowest BCUT2D eigenvalue weighted by molar-refractivity contribution is 0.0486. The van der Waals surface area contributed by atoms with E-state index in [0.717, 1.165) is 18.4 Å². The van der Waals surface area contributed by atoms with Gasteiger partial charge in [0.2, 0.25) is 16.8 Å². The van der Waals surface area contributed by atoms with Crippen molar-refractivity contribution in [1.29, 1.82) is 0 Å². The molecule has 1 saturated heterocycles. The average Bonchev–Trinajstić information content (AvgIpc) is 3.26. The van der Waals surface area contributed by atoms with E-state index in [9.17, 15) is 13.2 Å². The fourth-order valence-corrected chi connectivity index (χ4v) is 4.79. The smallest absolute Gasteiger partial charge is 0.251 e. The highest BCUT2D eigenvalue weighted by Crippen LogP contribution is 2.40. The van der Waals surface area contributed by atoms with Crippen LogP contribution in [0.25, 0.3) is 0 Å². The van der Waals surface area contributed by atoms with Crippen molar-refractivity contribution in [3.8, 4) is 11.5 Å². The minimum absolute atomic E-state index is 0.0577. The number of hydrogen-bond acceptors (Lipinski definition) is 6. The number of carbonyl (C=O) groups excluding carboxylic acids is 1. The molecule has 2 aliphatic rings. The van der Waals surface area contributed by atoms with E-state index >= 15 is 0 Å². The van der Waals surface area contributed by atoms with Crippen molar-refractivity contribution >= 4 is 15.9 Å². The summed E-state index contributed by atoms with van der Waals surface area (Å²) in [5, 5.41) is 3.03. The summed E-state index contributed by atoms with van der Waals surface area (Å²) in [5.41, 5.74) is 1.79. The third-order valence-electron chi connectivity index (χ3n) is 6.05. The molecule has 0 bridgehead atoms. The Morgan fingerprint density at radius 2 is 1.81 bits per heavy atom. The molecule has 1 amide bonds. The Kier molecular flexibility index (Phi) is 5.92. The SMILES string of the molecule is CNS(=O)(=O)c1ccc(C)c(C(=O)NCC2(c3ccc4c(c3)OCO4)CCOCC2)c1. The van der Waals surface area contributed by atoms with Crippen LogP contribution < -0.4 is 19.5 Å². The van der Waals surface area contributed by atoms with E-state index < -0.39 is 10.0 Å². The highest BCUT2D eigenvalue weighted by atomic mass is 32.2. The number of carbonyl (C=O) groups is 1. The molecule has 2 aromatic rings. The summed E-state index contributed by atoms with van der Waals surface area (Å²) in [6.45, 7) is 3.58. The van der Waals surface area contributed by atoms with Gasteiger partial charge in [0.25, 0.3) is 5.91 Å². The molecule has 0 unspecified atom stereocenters. The van der Waals surface area contributed by atoms with Gasteiger partial charge in [-0.2, -0.15) is 0 Å². The summed E-state index contributed by atoms with van der Waals surface area (Å²) in [7, 11) is -2.30. The van der Waals surface area contributed by atoms with E-state index in [-0.39, 0.29) is 23.0 Å². The summed E-state index contributed by atoms with van der Waals surface area (Å²) in [4.78, 5) is 13.1. The molecule has 2 heterocycles. The van der Waals surface area contributed by atoms with Gasteiger partial charge in [0, 0.05) is 30.7 Å². The largest absolute Gasteiger partial charge is 0.454 e. The van der Waals surface area contributed by atoms with E-state index in [2.05, 4.69) is 10.0 Å². The maximum absolute atomic E-state index is 13.0. The van der Waals surface area contributed by atoms with Gasteiger partial charge in [-0.25, -0.2) is 13.1 Å². The number of fused-ring (bicyclic) bond motifs is 1. The maximum Gasteiger partial charge on any atom is 0.251 e. The number of sulfonamides is 1. The lowest BCUT2D eigenvalue weighted by atomic mass is 9.74. The van der Waals surface area contributed by atoms with E-state index in [1.807, 2.05) is 18.2 Å². The zero-order chi connectivity index (χ0) is 22.1. The average molecular weight is 447 g/mol. The Bertz CT molecular complexity index is 1090. The first-order valence-electron chi connectivity index (χ1n) is 10.1. The lowest BCUT2D eigenvalue weighted by Crippen LogP contribution is -2.44. The van der Waals surface area contributed by atoms with Gasteiger partial charge < -0.3 is 19.5 Å². The molecule has 0 aliphatic carbocycles. The molecule has 0 saturated carbocycles. The first-order valence-corrected chi connectivity index (χ1v) is 11.6. The molecule has 8 nitrogen and oxygen atoms in total. The quantitative estimate of drug-likeness (QED) is 0.705. The van der Waals surface area contributed by atoms with E-state index in [1.54, 1.807) is 13.0 Å². The normalized spacial score (nSPS) is 17.4. The minimum Gasteiger partial charge on any atom is -0.454 e. The van der Waals surface area contributed by atoms with Crippen LogP contribution in [0, 0.1) is 6.92 Å². The van der Waals surface area contributed by atoms with Crippen molar-refractivity contribution in [2.24, 2.45) is 0 Å². The van der Waals surface area contributed by atoms with Gasteiger partial charge in [-0.05, 0) is 62.2 Å². The van der Waals surface area contributed by atoms with Gasteiger partial charge >= 0.3 is 0 Å². The topological polar surface area (TPSA) is 103 Å². The second-order valence-electron chi connectivity index (χ2n) is 7.83. The highest BCUT2D eigenvalue weighted by Gasteiger charge is 2.36. The maximum atomic E-state index is 13.0. The molecule has 0 aromatic heterocycles. The van der Waals surface area contributed by atoms with Crippen molar-refractivity contribution in [2.45, 2.75) is 30.1 Å². The number of hydrogen-bond donors (Lipinski definition) is 2. The molecule has 0 radical (unpaired) electrons. The van der Waals surface area contributed by atoms with E-state index in [0.29, 0.717) is 42.4 Å². The van der Waals surface area contributed by atoms with Crippen LogP contribution in [0.1, 0.15) is 34.3 Å². The number of rotatable bonds is 6. The van der Waals surface area contributed by atoms with Crippen LogP contribution in [0.5, 0.6) is 11.5 Å². The number of amides is 1. The second-order valence-corrected chi connectivity index (χ2v) is 9.71. The van der Waals surface area contributed by atoms with Gasteiger partial charge in [0.15, 0.2) is 11.5 Å². The first-order chi connectivity index (χ1) is 14.8. The molecule has 9 heteroatoms. The summed E-state index contributed by atoms with van der Waals surface area (Å²) in [6, 6.07) is 10.4. The summed E-state index contributed by atoms with van der Waals surface area (Å²) in [6.07, 6.45) is 1.50. The van der Waals surface area contributed by atoms with Gasteiger partial charge in [-0.1, -0.05) is 12.1 Å². The molecule has 1 fully saturated rings. The number of aryl methyl sites for hydroxylation is 1.